The van der Waals surface area contributed by atoms with Crippen molar-refractivity contribution < 1.29 is 9.59 Å². The number of aryl methyl sites for hydroxylation is 1. The van der Waals surface area contributed by atoms with E-state index in [1.165, 1.54) is 5.56 Å². The van der Waals surface area contributed by atoms with Gasteiger partial charge in [0.15, 0.2) is 0 Å². The molecule has 0 aliphatic carbocycles. The highest BCUT2D eigenvalue weighted by atomic mass is 16.2. The molecule has 0 spiro atoms. The number of hydrogen-bond donors (Lipinski definition) is 0. The lowest BCUT2D eigenvalue weighted by Crippen LogP contribution is -2.59. The Morgan fingerprint density at radius 3 is 2.60 bits per heavy atom. The van der Waals surface area contributed by atoms with Gasteiger partial charge < -0.3 is 9.80 Å². The minimum absolute atomic E-state index is 0.0284. The molecule has 25 heavy (non-hydrogen) atoms. The van der Waals surface area contributed by atoms with Crippen molar-refractivity contribution in [2.45, 2.75) is 32.4 Å². The third kappa shape index (κ3) is 4.26. The van der Waals surface area contributed by atoms with Gasteiger partial charge in [-0.05, 0) is 31.4 Å². The van der Waals surface area contributed by atoms with Crippen LogP contribution in [-0.4, -0.2) is 57.1 Å². The third-order valence-electron chi connectivity index (χ3n) is 4.64. The average molecular weight is 340 g/mol. The van der Waals surface area contributed by atoms with Crippen molar-refractivity contribution in [1.29, 1.82) is 0 Å². The molecule has 1 saturated heterocycles. The first-order chi connectivity index (χ1) is 12.1. The Morgan fingerprint density at radius 2 is 1.88 bits per heavy atom. The number of nitrogens with zero attached hydrogens (tertiary/aromatic N) is 4. The zero-order valence-electron chi connectivity index (χ0n) is 14.5. The summed E-state index contributed by atoms with van der Waals surface area (Å²) in [4.78, 5) is 28.5. The van der Waals surface area contributed by atoms with Crippen molar-refractivity contribution >= 4 is 11.8 Å². The maximum Gasteiger partial charge on any atom is 0.245 e. The molecule has 0 radical (unpaired) electrons. The molecule has 3 rings (SSSR count). The lowest BCUT2D eigenvalue weighted by atomic mass is 10.1. The zero-order valence-corrected chi connectivity index (χ0v) is 14.5. The van der Waals surface area contributed by atoms with Crippen molar-refractivity contribution in [2.75, 3.05) is 19.6 Å². The second-order valence-electron chi connectivity index (χ2n) is 6.38. The van der Waals surface area contributed by atoms with E-state index in [9.17, 15) is 9.59 Å². The van der Waals surface area contributed by atoms with Crippen LogP contribution in [0.5, 0.6) is 0 Å². The Hall–Kier alpha value is -2.63. The van der Waals surface area contributed by atoms with Crippen LogP contribution >= 0.6 is 0 Å². The number of aromatic nitrogens is 2. The highest BCUT2D eigenvalue weighted by molar-refractivity contribution is 5.94. The van der Waals surface area contributed by atoms with E-state index in [1.54, 1.807) is 16.0 Å². The van der Waals surface area contributed by atoms with Crippen LogP contribution in [0.1, 0.15) is 18.9 Å². The quantitative estimate of drug-likeness (QED) is 0.769. The maximum atomic E-state index is 12.6. The van der Waals surface area contributed by atoms with E-state index in [4.69, 9.17) is 0 Å². The molecule has 1 atom stereocenters. The molecule has 1 aromatic heterocycles. The molecule has 1 fully saturated rings. The molecule has 2 aromatic rings. The molecule has 1 aliphatic rings. The van der Waals surface area contributed by atoms with Gasteiger partial charge in [-0.1, -0.05) is 30.3 Å². The fourth-order valence-corrected chi connectivity index (χ4v) is 3.20. The van der Waals surface area contributed by atoms with E-state index in [-0.39, 0.29) is 18.4 Å². The summed E-state index contributed by atoms with van der Waals surface area (Å²) in [5.41, 5.74) is 1.18. The van der Waals surface area contributed by atoms with Crippen molar-refractivity contribution in [3.8, 4) is 0 Å². The van der Waals surface area contributed by atoms with E-state index in [0.29, 0.717) is 13.1 Å². The number of benzene rings is 1. The number of hydrogen-bond acceptors (Lipinski definition) is 3. The first-order valence-corrected chi connectivity index (χ1v) is 8.75. The largest absolute Gasteiger partial charge is 0.331 e. The highest BCUT2D eigenvalue weighted by Crippen LogP contribution is 2.14. The summed E-state index contributed by atoms with van der Waals surface area (Å²) in [5, 5.41) is 4.16. The van der Waals surface area contributed by atoms with Gasteiger partial charge in [0.2, 0.25) is 11.8 Å². The molecule has 6 nitrogen and oxygen atoms in total. The Morgan fingerprint density at radius 1 is 1.08 bits per heavy atom. The van der Waals surface area contributed by atoms with E-state index in [1.807, 2.05) is 54.2 Å². The minimum Gasteiger partial charge on any atom is -0.331 e. The Bertz CT molecular complexity index is 699. The molecule has 1 aromatic carbocycles. The smallest absolute Gasteiger partial charge is 0.245 e. The maximum absolute atomic E-state index is 12.6. The number of carbonyl (C=O) groups excluding carboxylic acids is 2. The Balaban J connectivity index is 1.52. The number of piperazine rings is 1. The predicted octanol–water partition coefficient (Wildman–Crippen LogP) is 1.58. The minimum atomic E-state index is -0.394. The summed E-state index contributed by atoms with van der Waals surface area (Å²) in [6.45, 7) is 3.91. The van der Waals surface area contributed by atoms with Crippen molar-refractivity contribution in [3.63, 3.8) is 0 Å². The van der Waals surface area contributed by atoms with Gasteiger partial charge in [-0.15, -0.1) is 0 Å². The van der Waals surface area contributed by atoms with E-state index in [0.717, 1.165) is 19.4 Å². The third-order valence-corrected chi connectivity index (χ3v) is 4.64. The van der Waals surface area contributed by atoms with E-state index in [2.05, 4.69) is 5.10 Å². The fraction of sp³-hybridized carbons (Fsp3) is 0.421. The Kier molecular flexibility index (Phi) is 5.48. The fourth-order valence-electron chi connectivity index (χ4n) is 3.20. The molecular formula is C19H24N4O2. The van der Waals surface area contributed by atoms with Gasteiger partial charge in [-0.25, -0.2) is 0 Å². The van der Waals surface area contributed by atoms with Crippen LogP contribution in [0, 0.1) is 0 Å². The van der Waals surface area contributed by atoms with Crippen LogP contribution in [0.15, 0.2) is 48.8 Å². The molecule has 0 saturated carbocycles. The molecule has 6 heteroatoms. The van der Waals surface area contributed by atoms with Gasteiger partial charge in [0.25, 0.3) is 0 Å². The summed E-state index contributed by atoms with van der Waals surface area (Å²) in [6, 6.07) is 11.5. The lowest BCUT2D eigenvalue weighted by molar-refractivity contribution is -0.155. The summed E-state index contributed by atoms with van der Waals surface area (Å²) >= 11 is 0. The molecule has 1 aliphatic heterocycles. The number of carbonyl (C=O) groups is 2. The number of amides is 2. The molecule has 0 unspecified atom stereocenters. The second-order valence-corrected chi connectivity index (χ2v) is 6.38. The molecule has 0 bridgehead atoms. The summed E-state index contributed by atoms with van der Waals surface area (Å²) in [7, 11) is 0. The molecular weight excluding hydrogens is 316 g/mol. The van der Waals surface area contributed by atoms with Crippen molar-refractivity contribution in [3.05, 3.63) is 54.4 Å². The van der Waals surface area contributed by atoms with E-state index >= 15 is 0 Å². The van der Waals surface area contributed by atoms with Gasteiger partial charge in [-0.2, -0.15) is 5.10 Å². The monoisotopic (exact) mass is 340 g/mol. The van der Waals surface area contributed by atoms with Gasteiger partial charge in [0, 0.05) is 32.0 Å². The van der Waals surface area contributed by atoms with Crippen LogP contribution in [-0.2, 0) is 22.6 Å². The zero-order chi connectivity index (χ0) is 17.6. The van der Waals surface area contributed by atoms with Crippen molar-refractivity contribution in [1.82, 2.24) is 19.6 Å². The lowest BCUT2D eigenvalue weighted by Gasteiger charge is -2.38. The second kappa shape index (κ2) is 7.96. The number of rotatable bonds is 7. The van der Waals surface area contributed by atoms with Gasteiger partial charge in [0.05, 0.1) is 6.54 Å². The van der Waals surface area contributed by atoms with Crippen LogP contribution in [0.25, 0.3) is 0 Å². The first kappa shape index (κ1) is 17.2. The standard InChI is InChI=1S/C19H24N4O2/c1-16-19(25)21(14-9-17-7-3-2-4-8-17)15-18(24)23(16)13-6-12-22-11-5-10-20-22/h2-5,7-8,10-11,16H,6,9,12-15H2,1H3/t16-/m1/s1. The topological polar surface area (TPSA) is 58.4 Å². The first-order valence-electron chi connectivity index (χ1n) is 8.75. The van der Waals surface area contributed by atoms with Crippen LogP contribution in [0.4, 0.5) is 0 Å². The summed E-state index contributed by atoms with van der Waals surface area (Å²) in [5.74, 6) is 0.0650. The summed E-state index contributed by atoms with van der Waals surface area (Å²) in [6.07, 6.45) is 5.20. The van der Waals surface area contributed by atoms with Gasteiger partial charge in [0.1, 0.15) is 6.04 Å². The molecule has 2 amide bonds. The SMILES string of the molecule is C[C@@H]1C(=O)N(CCc2ccccc2)CC(=O)N1CCCn1cccn1. The molecule has 132 valence electrons. The molecule has 2 heterocycles. The Labute approximate surface area is 148 Å². The van der Waals surface area contributed by atoms with Crippen LogP contribution < -0.4 is 0 Å². The summed E-state index contributed by atoms with van der Waals surface area (Å²) < 4.78 is 1.84. The van der Waals surface area contributed by atoms with Crippen LogP contribution in [0.2, 0.25) is 0 Å². The molecule has 0 N–H and O–H groups in total. The normalized spacial score (nSPS) is 18.0. The van der Waals surface area contributed by atoms with Gasteiger partial charge in [-0.3, -0.25) is 14.3 Å². The highest BCUT2D eigenvalue weighted by Gasteiger charge is 2.35. The van der Waals surface area contributed by atoms with Gasteiger partial charge >= 0.3 is 0 Å². The van der Waals surface area contributed by atoms with Crippen LogP contribution in [0.3, 0.4) is 0 Å². The predicted molar refractivity (Wildman–Crippen MR) is 94.7 cm³/mol. The van der Waals surface area contributed by atoms with Crippen molar-refractivity contribution in [2.24, 2.45) is 0 Å². The van der Waals surface area contributed by atoms with E-state index < -0.39 is 6.04 Å². The average Bonchev–Trinajstić information content (AvgIpc) is 3.14.